The van der Waals surface area contributed by atoms with Crippen molar-refractivity contribution in [3.05, 3.63) is 0 Å². The van der Waals surface area contributed by atoms with E-state index in [1.54, 1.807) is 0 Å². The quantitative estimate of drug-likeness (QED) is 0.735. The number of hydrogen-bond donors (Lipinski definition) is 2. The van der Waals surface area contributed by atoms with Gasteiger partial charge < -0.3 is 15.3 Å². The summed E-state index contributed by atoms with van der Waals surface area (Å²) in [5.41, 5.74) is -0.469. The Morgan fingerprint density at radius 3 is 2.27 bits per heavy atom. The van der Waals surface area contributed by atoms with Crippen molar-refractivity contribution in [1.82, 2.24) is 10.2 Å². The van der Waals surface area contributed by atoms with Crippen LogP contribution in [0.1, 0.15) is 33.6 Å². The molecule has 0 aliphatic carbocycles. The van der Waals surface area contributed by atoms with E-state index in [-0.39, 0.29) is 0 Å². The highest BCUT2D eigenvalue weighted by atomic mass is 16.3. The van der Waals surface area contributed by atoms with Gasteiger partial charge in [-0.2, -0.15) is 0 Å². The first kappa shape index (κ1) is 12.9. The number of rotatable bonds is 4. The third-order valence-corrected chi connectivity index (χ3v) is 3.74. The van der Waals surface area contributed by atoms with Crippen LogP contribution in [0.5, 0.6) is 0 Å². The summed E-state index contributed by atoms with van der Waals surface area (Å²) < 4.78 is 0. The highest BCUT2D eigenvalue weighted by Gasteiger charge is 2.31. The maximum atomic E-state index is 10.4. The normalized spacial score (nSPS) is 23.4. The molecule has 1 aliphatic rings. The summed E-state index contributed by atoms with van der Waals surface area (Å²) in [5.74, 6) is 0.639. The van der Waals surface area contributed by atoms with Crippen molar-refractivity contribution in [2.24, 2.45) is 5.92 Å². The molecule has 1 rings (SSSR count). The second-order valence-corrected chi connectivity index (χ2v) is 5.37. The summed E-state index contributed by atoms with van der Waals surface area (Å²) in [6.07, 6.45) is 1.75. The van der Waals surface area contributed by atoms with Crippen molar-refractivity contribution >= 4 is 0 Å². The molecule has 3 nitrogen and oxygen atoms in total. The lowest BCUT2D eigenvalue weighted by Crippen LogP contribution is -2.51. The number of nitrogens with zero attached hydrogens (tertiary/aromatic N) is 1. The van der Waals surface area contributed by atoms with Crippen molar-refractivity contribution in [3.63, 3.8) is 0 Å². The van der Waals surface area contributed by atoms with Crippen LogP contribution in [-0.2, 0) is 0 Å². The highest BCUT2D eigenvalue weighted by molar-refractivity contribution is 4.87. The van der Waals surface area contributed by atoms with Crippen LogP contribution in [0.2, 0.25) is 0 Å². The fourth-order valence-electron chi connectivity index (χ4n) is 2.17. The first-order valence-corrected chi connectivity index (χ1v) is 6.08. The summed E-state index contributed by atoms with van der Waals surface area (Å²) in [4.78, 5) is 2.29. The molecule has 0 radical (unpaired) electrons. The molecule has 1 saturated heterocycles. The topological polar surface area (TPSA) is 35.5 Å². The minimum Gasteiger partial charge on any atom is -0.388 e. The van der Waals surface area contributed by atoms with Crippen molar-refractivity contribution in [2.45, 2.75) is 45.3 Å². The molecule has 3 heteroatoms. The molecule has 0 saturated carbocycles. The molecule has 0 spiro atoms. The molecule has 15 heavy (non-hydrogen) atoms. The van der Waals surface area contributed by atoms with E-state index in [9.17, 15) is 5.11 Å². The average Bonchev–Trinajstić information content (AvgIpc) is 2.16. The lowest BCUT2D eigenvalue weighted by Gasteiger charge is -2.39. The SMILES string of the molecule is CC(C)C(C)N(C)CC1(O)CCNCC1. The van der Waals surface area contributed by atoms with E-state index in [1.807, 2.05) is 0 Å². The maximum Gasteiger partial charge on any atom is 0.0798 e. The smallest absolute Gasteiger partial charge is 0.0798 e. The van der Waals surface area contributed by atoms with Gasteiger partial charge in [0.1, 0.15) is 0 Å². The Morgan fingerprint density at radius 2 is 1.80 bits per heavy atom. The molecule has 0 aromatic rings. The summed E-state index contributed by atoms with van der Waals surface area (Å²) in [6, 6.07) is 0.531. The number of piperidine rings is 1. The van der Waals surface area contributed by atoms with Crippen molar-refractivity contribution < 1.29 is 5.11 Å². The van der Waals surface area contributed by atoms with Crippen molar-refractivity contribution in [3.8, 4) is 0 Å². The van der Waals surface area contributed by atoms with Crippen LogP contribution in [0.15, 0.2) is 0 Å². The van der Waals surface area contributed by atoms with Gasteiger partial charge in [0.15, 0.2) is 0 Å². The second kappa shape index (κ2) is 5.28. The zero-order valence-electron chi connectivity index (χ0n) is 10.6. The molecule has 1 aliphatic heterocycles. The molecule has 1 unspecified atom stereocenters. The molecule has 0 bridgehead atoms. The Hall–Kier alpha value is -0.120. The van der Waals surface area contributed by atoms with Gasteiger partial charge >= 0.3 is 0 Å². The second-order valence-electron chi connectivity index (χ2n) is 5.37. The zero-order chi connectivity index (χ0) is 11.5. The Kier molecular flexibility index (Phi) is 4.56. The van der Waals surface area contributed by atoms with E-state index in [0.29, 0.717) is 12.0 Å². The standard InChI is InChI=1S/C12H26N2O/c1-10(2)11(3)14(4)9-12(15)5-7-13-8-6-12/h10-11,13,15H,5-9H2,1-4H3. The van der Waals surface area contributed by atoms with Crippen LogP contribution < -0.4 is 5.32 Å². The van der Waals surface area contributed by atoms with E-state index in [2.05, 4.69) is 38.0 Å². The number of aliphatic hydroxyl groups is 1. The van der Waals surface area contributed by atoms with Gasteiger partial charge in [-0.15, -0.1) is 0 Å². The molecule has 2 N–H and O–H groups in total. The van der Waals surface area contributed by atoms with E-state index in [1.165, 1.54) is 0 Å². The molecule has 1 atom stereocenters. The van der Waals surface area contributed by atoms with Crippen LogP contribution in [0.3, 0.4) is 0 Å². The number of nitrogens with one attached hydrogen (secondary N) is 1. The Bertz CT molecular complexity index is 188. The third-order valence-electron chi connectivity index (χ3n) is 3.74. The molecule has 0 amide bonds. The Balaban J connectivity index is 2.45. The van der Waals surface area contributed by atoms with Gasteiger partial charge in [0.05, 0.1) is 5.60 Å². The third kappa shape index (κ3) is 3.74. The fraction of sp³-hybridized carbons (Fsp3) is 1.00. The maximum absolute atomic E-state index is 10.4. The van der Waals surface area contributed by atoms with Crippen LogP contribution in [0, 0.1) is 5.92 Å². The van der Waals surface area contributed by atoms with Crippen molar-refractivity contribution in [2.75, 3.05) is 26.7 Å². The van der Waals surface area contributed by atoms with Crippen LogP contribution in [-0.4, -0.2) is 48.3 Å². The zero-order valence-corrected chi connectivity index (χ0v) is 10.6. The van der Waals surface area contributed by atoms with Crippen LogP contribution >= 0.6 is 0 Å². The van der Waals surface area contributed by atoms with E-state index in [0.717, 1.165) is 32.5 Å². The van der Waals surface area contributed by atoms with Gasteiger partial charge in [-0.1, -0.05) is 13.8 Å². The van der Waals surface area contributed by atoms with Gasteiger partial charge in [-0.25, -0.2) is 0 Å². The van der Waals surface area contributed by atoms with Gasteiger partial charge in [-0.05, 0) is 45.8 Å². The first-order chi connectivity index (χ1) is 6.94. The summed E-state index contributed by atoms with van der Waals surface area (Å²) in [6.45, 7) is 9.38. The minimum absolute atomic E-state index is 0.469. The van der Waals surface area contributed by atoms with Gasteiger partial charge in [-0.3, -0.25) is 0 Å². The average molecular weight is 214 g/mol. The lowest BCUT2D eigenvalue weighted by atomic mass is 9.91. The molecular weight excluding hydrogens is 188 g/mol. The Morgan fingerprint density at radius 1 is 1.27 bits per heavy atom. The van der Waals surface area contributed by atoms with Crippen molar-refractivity contribution in [1.29, 1.82) is 0 Å². The predicted molar refractivity (Wildman–Crippen MR) is 64.0 cm³/mol. The molecule has 0 aromatic heterocycles. The number of likely N-dealkylation sites (N-methyl/N-ethyl adjacent to an activating group) is 1. The molecule has 90 valence electrons. The lowest BCUT2D eigenvalue weighted by molar-refractivity contribution is -0.0263. The monoisotopic (exact) mass is 214 g/mol. The summed E-state index contributed by atoms with van der Waals surface area (Å²) in [5, 5.41) is 13.7. The molecule has 1 fully saturated rings. The predicted octanol–water partition coefficient (Wildman–Crippen LogP) is 1.08. The molecule has 1 heterocycles. The largest absolute Gasteiger partial charge is 0.388 e. The van der Waals surface area contributed by atoms with Crippen LogP contribution in [0.25, 0.3) is 0 Å². The summed E-state index contributed by atoms with van der Waals surface area (Å²) >= 11 is 0. The van der Waals surface area contributed by atoms with E-state index < -0.39 is 5.60 Å². The molecule has 0 aromatic carbocycles. The first-order valence-electron chi connectivity index (χ1n) is 6.08. The number of hydrogen-bond acceptors (Lipinski definition) is 3. The van der Waals surface area contributed by atoms with E-state index >= 15 is 0 Å². The summed E-state index contributed by atoms with van der Waals surface area (Å²) in [7, 11) is 2.12. The van der Waals surface area contributed by atoms with Gasteiger partial charge in [0.25, 0.3) is 0 Å². The van der Waals surface area contributed by atoms with Crippen LogP contribution in [0.4, 0.5) is 0 Å². The van der Waals surface area contributed by atoms with E-state index in [4.69, 9.17) is 0 Å². The minimum atomic E-state index is -0.469. The van der Waals surface area contributed by atoms with Gasteiger partial charge in [0.2, 0.25) is 0 Å². The Labute approximate surface area is 93.9 Å². The fourth-order valence-corrected chi connectivity index (χ4v) is 2.17. The highest BCUT2D eigenvalue weighted by Crippen LogP contribution is 2.21. The van der Waals surface area contributed by atoms with Gasteiger partial charge in [0, 0.05) is 12.6 Å². The molecular formula is C12H26N2O.